The van der Waals surface area contributed by atoms with Gasteiger partial charge in [-0.1, -0.05) is 34.8 Å². The zero-order chi connectivity index (χ0) is 18.1. The molecule has 0 radical (unpaired) electrons. The fraction of sp³-hybridized carbons (Fsp3) is 0.368. The van der Waals surface area contributed by atoms with Crippen LogP contribution in [-0.2, 0) is 0 Å². The van der Waals surface area contributed by atoms with Gasteiger partial charge in [0.05, 0.1) is 10.0 Å². The van der Waals surface area contributed by atoms with E-state index in [0.29, 0.717) is 10.0 Å². The van der Waals surface area contributed by atoms with Crippen molar-refractivity contribution in [2.75, 3.05) is 46.1 Å². The quantitative estimate of drug-likeness (QED) is 0.483. The van der Waals surface area contributed by atoms with Gasteiger partial charge in [-0.3, -0.25) is 0 Å². The minimum Gasteiger partial charge on any atom is -0.370 e. The molecule has 2 heterocycles. The second kappa shape index (κ2) is 8.32. The van der Waals surface area contributed by atoms with Crippen molar-refractivity contribution in [2.24, 2.45) is 0 Å². The molecule has 2 aliphatic rings. The fourth-order valence-corrected chi connectivity index (χ4v) is 5.87. The Balaban J connectivity index is 1.75. The van der Waals surface area contributed by atoms with Crippen LogP contribution in [-0.4, -0.2) is 36.9 Å². The maximum atomic E-state index is 6.58. The number of hydrogen-bond acceptors (Lipinski definition) is 4. The molecule has 7 heteroatoms. The molecule has 2 aromatic carbocycles. The fourth-order valence-electron chi connectivity index (χ4n) is 3.31. The van der Waals surface area contributed by atoms with Crippen molar-refractivity contribution in [1.82, 2.24) is 0 Å². The summed E-state index contributed by atoms with van der Waals surface area (Å²) in [4.78, 5) is 2.39. The highest BCUT2D eigenvalue weighted by molar-refractivity contribution is 8.00. The normalized spacial score (nSPS) is 17.8. The molecule has 2 aliphatic heterocycles. The van der Waals surface area contributed by atoms with Crippen LogP contribution >= 0.6 is 58.5 Å². The van der Waals surface area contributed by atoms with Gasteiger partial charge in [0, 0.05) is 58.9 Å². The van der Waals surface area contributed by atoms with E-state index in [1.165, 1.54) is 6.42 Å². The van der Waals surface area contributed by atoms with E-state index >= 15 is 0 Å². The average molecular weight is 446 g/mol. The van der Waals surface area contributed by atoms with E-state index in [-0.39, 0.29) is 0 Å². The highest BCUT2D eigenvalue weighted by Crippen LogP contribution is 2.42. The molecule has 138 valence electrons. The van der Waals surface area contributed by atoms with Gasteiger partial charge in [0.2, 0.25) is 0 Å². The number of halogens is 3. The summed E-state index contributed by atoms with van der Waals surface area (Å²) >= 11 is 23.3. The maximum absolute atomic E-state index is 6.58. The first-order chi connectivity index (χ1) is 12.6. The number of hydrogen-bond donors (Lipinski definition) is 0. The second-order valence-corrected chi connectivity index (χ2v) is 9.93. The largest absolute Gasteiger partial charge is 0.370 e. The maximum Gasteiger partial charge on any atom is 0.0672 e. The van der Waals surface area contributed by atoms with Crippen molar-refractivity contribution < 1.29 is 0 Å². The van der Waals surface area contributed by atoms with Crippen LogP contribution in [0.15, 0.2) is 30.3 Å². The van der Waals surface area contributed by atoms with E-state index in [1.807, 2.05) is 41.9 Å². The number of rotatable bonds is 3. The molecule has 2 aromatic rings. The molecule has 2 saturated heterocycles. The SMILES string of the molecule is Clc1cc(-c2cc(N3CCCS3)cc(Cl)c2Cl)cc(N2CCSCC2)c1. The molecule has 2 nitrogen and oxygen atoms in total. The van der Waals surface area contributed by atoms with Crippen LogP contribution in [0.1, 0.15) is 6.42 Å². The second-order valence-electron chi connectivity index (χ2n) is 6.38. The van der Waals surface area contributed by atoms with Crippen LogP contribution in [0.5, 0.6) is 0 Å². The first-order valence-corrected chi connectivity index (χ1v) is 11.9. The molecule has 0 amide bonds. The van der Waals surface area contributed by atoms with Crippen LogP contribution in [0.2, 0.25) is 15.1 Å². The van der Waals surface area contributed by atoms with E-state index in [1.54, 1.807) is 0 Å². The van der Waals surface area contributed by atoms with Crippen LogP contribution in [0.25, 0.3) is 11.1 Å². The minimum atomic E-state index is 0.585. The average Bonchev–Trinajstić information content (AvgIpc) is 3.19. The molecule has 0 spiro atoms. The highest BCUT2D eigenvalue weighted by Gasteiger charge is 2.19. The number of thioether (sulfide) groups is 1. The molecule has 0 aliphatic carbocycles. The summed E-state index contributed by atoms with van der Waals surface area (Å²) < 4.78 is 2.29. The molecule has 4 rings (SSSR count). The van der Waals surface area contributed by atoms with Gasteiger partial charge in [0.25, 0.3) is 0 Å². The topological polar surface area (TPSA) is 6.48 Å². The van der Waals surface area contributed by atoms with Crippen molar-refractivity contribution in [1.29, 1.82) is 0 Å². The third-order valence-electron chi connectivity index (χ3n) is 4.62. The lowest BCUT2D eigenvalue weighted by molar-refractivity contribution is 0.859. The van der Waals surface area contributed by atoms with Gasteiger partial charge in [-0.15, -0.1) is 0 Å². The summed E-state index contributed by atoms with van der Waals surface area (Å²) in [6, 6.07) is 10.3. The monoisotopic (exact) mass is 444 g/mol. The molecular weight excluding hydrogens is 427 g/mol. The Kier molecular flexibility index (Phi) is 6.06. The van der Waals surface area contributed by atoms with Crippen LogP contribution < -0.4 is 9.21 Å². The molecule has 0 N–H and O–H groups in total. The predicted octanol–water partition coefficient (Wildman–Crippen LogP) is 6.73. The molecule has 0 atom stereocenters. The van der Waals surface area contributed by atoms with Gasteiger partial charge in [-0.25, -0.2) is 0 Å². The molecular formula is C19H19Cl3N2S2. The van der Waals surface area contributed by atoms with Gasteiger partial charge in [-0.05, 0) is 54.3 Å². The summed E-state index contributed by atoms with van der Waals surface area (Å²) in [6.45, 7) is 3.13. The zero-order valence-corrected chi connectivity index (χ0v) is 18.1. The van der Waals surface area contributed by atoms with Crippen LogP contribution in [0.4, 0.5) is 11.4 Å². The number of benzene rings is 2. The molecule has 0 bridgehead atoms. The van der Waals surface area contributed by atoms with E-state index in [4.69, 9.17) is 34.8 Å². The van der Waals surface area contributed by atoms with E-state index in [9.17, 15) is 0 Å². The third-order valence-corrected chi connectivity index (χ3v) is 7.76. The van der Waals surface area contributed by atoms with E-state index in [2.05, 4.69) is 21.3 Å². The summed E-state index contributed by atoms with van der Waals surface area (Å²) in [5, 5.41) is 1.90. The predicted molar refractivity (Wildman–Crippen MR) is 121 cm³/mol. The standard InChI is InChI=1S/C19H19Cl3N2S2/c20-14-8-13(9-15(10-14)23-3-6-25-7-4-23)17-11-16(12-18(21)19(17)22)24-2-1-5-26-24/h8-12H,1-7H2. The summed E-state index contributed by atoms with van der Waals surface area (Å²) in [6.07, 6.45) is 1.19. The number of anilines is 2. The minimum absolute atomic E-state index is 0.585. The zero-order valence-electron chi connectivity index (χ0n) is 14.2. The summed E-state index contributed by atoms with van der Waals surface area (Å²) in [5.74, 6) is 3.44. The van der Waals surface area contributed by atoms with E-state index in [0.717, 1.165) is 64.4 Å². The van der Waals surface area contributed by atoms with Gasteiger partial charge in [0.15, 0.2) is 0 Å². The Labute approximate surface area is 178 Å². The lowest BCUT2D eigenvalue weighted by atomic mass is 10.0. The number of nitrogens with zero attached hydrogens (tertiary/aromatic N) is 2. The smallest absolute Gasteiger partial charge is 0.0672 e. The Morgan fingerprint density at radius 3 is 2.35 bits per heavy atom. The van der Waals surface area contributed by atoms with Crippen molar-refractivity contribution in [2.45, 2.75) is 6.42 Å². The first-order valence-electron chi connectivity index (χ1n) is 8.65. The van der Waals surface area contributed by atoms with Gasteiger partial charge < -0.3 is 9.21 Å². The molecule has 0 aromatic heterocycles. The Hall–Kier alpha value is -0.390. The van der Waals surface area contributed by atoms with E-state index < -0.39 is 0 Å². The molecule has 0 unspecified atom stereocenters. The van der Waals surface area contributed by atoms with Gasteiger partial charge in [0.1, 0.15) is 0 Å². The Morgan fingerprint density at radius 1 is 0.808 bits per heavy atom. The first kappa shape index (κ1) is 18.9. The molecule has 26 heavy (non-hydrogen) atoms. The third kappa shape index (κ3) is 4.05. The summed E-state index contributed by atoms with van der Waals surface area (Å²) in [7, 11) is 0. The van der Waals surface area contributed by atoms with Gasteiger partial charge >= 0.3 is 0 Å². The van der Waals surface area contributed by atoms with Crippen molar-refractivity contribution >= 4 is 69.9 Å². The lowest BCUT2D eigenvalue weighted by Crippen LogP contribution is -2.32. The van der Waals surface area contributed by atoms with Crippen molar-refractivity contribution in [3.8, 4) is 11.1 Å². The van der Waals surface area contributed by atoms with Crippen molar-refractivity contribution in [3.63, 3.8) is 0 Å². The Bertz CT molecular complexity index is 804. The van der Waals surface area contributed by atoms with Crippen molar-refractivity contribution in [3.05, 3.63) is 45.4 Å². The highest BCUT2D eigenvalue weighted by atomic mass is 35.5. The molecule has 2 fully saturated rings. The van der Waals surface area contributed by atoms with Gasteiger partial charge in [-0.2, -0.15) is 11.8 Å². The summed E-state index contributed by atoms with van der Waals surface area (Å²) in [5.41, 5.74) is 4.22. The lowest BCUT2D eigenvalue weighted by Gasteiger charge is -2.29. The van der Waals surface area contributed by atoms with Crippen LogP contribution in [0.3, 0.4) is 0 Å². The van der Waals surface area contributed by atoms with Crippen LogP contribution in [0, 0.1) is 0 Å². The molecule has 0 saturated carbocycles. The Morgan fingerprint density at radius 2 is 1.62 bits per heavy atom.